The summed E-state index contributed by atoms with van der Waals surface area (Å²) >= 11 is 0. The van der Waals surface area contributed by atoms with Gasteiger partial charge < -0.3 is 9.88 Å². The summed E-state index contributed by atoms with van der Waals surface area (Å²) in [4.78, 5) is 0. The molecule has 0 aromatic carbocycles. The van der Waals surface area contributed by atoms with Crippen LogP contribution >= 0.6 is 0 Å². The lowest BCUT2D eigenvalue weighted by Gasteiger charge is -2.11. The van der Waals surface area contributed by atoms with Crippen LogP contribution in [0, 0.1) is 0 Å². The van der Waals surface area contributed by atoms with Crippen LogP contribution in [0.5, 0.6) is 0 Å². The van der Waals surface area contributed by atoms with Crippen LogP contribution in [0.2, 0.25) is 0 Å². The van der Waals surface area contributed by atoms with Gasteiger partial charge in [-0.05, 0) is 44.5 Å². The van der Waals surface area contributed by atoms with Crippen molar-refractivity contribution in [3.63, 3.8) is 0 Å². The molecule has 2 rings (SSSR count). The summed E-state index contributed by atoms with van der Waals surface area (Å²) in [6.07, 6.45) is 6.50. The Morgan fingerprint density at radius 2 is 2.10 bits per heavy atom. The van der Waals surface area contributed by atoms with E-state index in [1.807, 2.05) is 7.05 Å². The first-order valence-electron chi connectivity index (χ1n) is 7.60. The number of nitrogens with one attached hydrogen (secondary N) is 1. The van der Waals surface area contributed by atoms with Crippen LogP contribution in [0.4, 0.5) is 0 Å². The molecule has 0 saturated carbocycles. The average molecular weight is 274 g/mol. The molecule has 110 valence electrons. The molecule has 2 aromatic heterocycles. The van der Waals surface area contributed by atoms with E-state index in [0.29, 0.717) is 6.04 Å². The van der Waals surface area contributed by atoms with Crippen LogP contribution in [0.25, 0.3) is 0 Å². The molecule has 0 spiro atoms. The highest BCUT2D eigenvalue weighted by Gasteiger charge is 2.10. The van der Waals surface area contributed by atoms with Gasteiger partial charge in [-0.2, -0.15) is 5.10 Å². The summed E-state index contributed by atoms with van der Waals surface area (Å²) in [6.45, 7) is 8.32. The molecule has 0 radical (unpaired) electrons. The molecule has 1 atom stereocenters. The van der Waals surface area contributed by atoms with Crippen molar-refractivity contribution in [3.8, 4) is 0 Å². The molecule has 4 heteroatoms. The lowest BCUT2D eigenvalue weighted by Crippen LogP contribution is -2.14. The average Bonchev–Trinajstić information content (AvgIpc) is 3.07. The summed E-state index contributed by atoms with van der Waals surface area (Å²) in [5, 5.41) is 7.96. The quantitative estimate of drug-likeness (QED) is 0.842. The third-order valence-corrected chi connectivity index (χ3v) is 3.85. The van der Waals surface area contributed by atoms with E-state index in [9.17, 15) is 0 Å². The lowest BCUT2D eigenvalue weighted by molar-refractivity contribution is 0.572. The molecular weight excluding hydrogens is 248 g/mol. The molecule has 2 aromatic rings. The number of aryl methyl sites for hydroxylation is 2. The normalized spacial score (nSPS) is 12.8. The van der Waals surface area contributed by atoms with E-state index >= 15 is 0 Å². The van der Waals surface area contributed by atoms with Crippen molar-refractivity contribution in [1.29, 1.82) is 0 Å². The zero-order chi connectivity index (χ0) is 14.5. The topological polar surface area (TPSA) is 34.8 Å². The van der Waals surface area contributed by atoms with Gasteiger partial charge in [0.15, 0.2) is 0 Å². The first-order chi connectivity index (χ1) is 9.71. The van der Waals surface area contributed by atoms with Crippen molar-refractivity contribution in [1.82, 2.24) is 19.7 Å². The second kappa shape index (κ2) is 6.75. The third-order valence-electron chi connectivity index (χ3n) is 3.85. The van der Waals surface area contributed by atoms with E-state index in [-0.39, 0.29) is 0 Å². The summed E-state index contributed by atoms with van der Waals surface area (Å²) in [7, 11) is 2.02. The van der Waals surface area contributed by atoms with E-state index in [2.05, 4.69) is 65.0 Å². The van der Waals surface area contributed by atoms with Crippen molar-refractivity contribution < 1.29 is 0 Å². The number of hydrogen-bond donors (Lipinski definition) is 1. The fraction of sp³-hybridized carbons (Fsp3) is 0.562. The van der Waals surface area contributed by atoms with Gasteiger partial charge in [0.25, 0.3) is 0 Å². The van der Waals surface area contributed by atoms with Crippen molar-refractivity contribution in [2.24, 2.45) is 0 Å². The van der Waals surface area contributed by atoms with Gasteiger partial charge in [0.1, 0.15) is 0 Å². The molecule has 0 aliphatic carbocycles. The summed E-state index contributed by atoms with van der Waals surface area (Å²) in [6, 6.07) is 4.87. The van der Waals surface area contributed by atoms with Crippen molar-refractivity contribution >= 4 is 0 Å². The van der Waals surface area contributed by atoms with Crippen LogP contribution in [0.3, 0.4) is 0 Å². The van der Waals surface area contributed by atoms with E-state index in [1.165, 1.54) is 17.0 Å². The Morgan fingerprint density at radius 3 is 2.70 bits per heavy atom. The van der Waals surface area contributed by atoms with E-state index in [1.54, 1.807) is 0 Å². The Bertz CT molecular complexity index is 534. The Balaban J connectivity index is 2.16. The van der Waals surface area contributed by atoms with Gasteiger partial charge in [0.2, 0.25) is 0 Å². The molecule has 0 aliphatic heterocycles. The van der Waals surface area contributed by atoms with Crippen LogP contribution < -0.4 is 5.32 Å². The molecule has 4 nitrogen and oxygen atoms in total. The maximum Gasteiger partial charge on any atom is 0.0639 e. The predicted octanol–water partition coefficient (Wildman–Crippen LogP) is 2.99. The number of nitrogens with zero attached hydrogens (tertiary/aromatic N) is 3. The zero-order valence-electron chi connectivity index (χ0n) is 13.1. The van der Waals surface area contributed by atoms with Crippen LogP contribution in [-0.2, 0) is 19.5 Å². The van der Waals surface area contributed by atoms with Gasteiger partial charge in [-0.1, -0.05) is 13.8 Å². The van der Waals surface area contributed by atoms with E-state index in [4.69, 9.17) is 0 Å². The predicted molar refractivity (Wildman–Crippen MR) is 82.9 cm³/mol. The van der Waals surface area contributed by atoms with E-state index in [0.717, 1.165) is 25.9 Å². The van der Waals surface area contributed by atoms with Crippen molar-refractivity contribution in [2.75, 3.05) is 7.05 Å². The highest BCUT2D eigenvalue weighted by Crippen LogP contribution is 2.17. The van der Waals surface area contributed by atoms with Crippen LogP contribution in [-0.4, -0.2) is 21.4 Å². The van der Waals surface area contributed by atoms with E-state index < -0.39 is 0 Å². The molecule has 1 unspecified atom stereocenters. The van der Waals surface area contributed by atoms with Gasteiger partial charge in [0, 0.05) is 25.0 Å². The molecule has 0 fully saturated rings. The summed E-state index contributed by atoms with van der Waals surface area (Å²) in [5.41, 5.74) is 3.81. The fourth-order valence-corrected chi connectivity index (χ4v) is 2.65. The molecule has 20 heavy (non-hydrogen) atoms. The fourth-order valence-electron chi connectivity index (χ4n) is 2.65. The second-order valence-corrected chi connectivity index (χ2v) is 5.16. The minimum absolute atomic E-state index is 0.443. The standard InChI is InChI=1S/C16H26N4/c1-5-14-10-15(20(7-3)18-14)12-19-9-8-13(11-19)16(6-2)17-4/h8-11,16-17H,5-7,12H2,1-4H3. The second-order valence-electron chi connectivity index (χ2n) is 5.16. The molecular formula is C16H26N4. The zero-order valence-corrected chi connectivity index (χ0v) is 13.1. The van der Waals surface area contributed by atoms with Gasteiger partial charge in [-0.25, -0.2) is 0 Å². The van der Waals surface area contributed by atoms with Crippen LogP contribution in [0.15, 0.2) is 24.5 Å². The van der Waals surface area contributed by atoms with Gasteiger partial charge in [0.05, 0.1) is 17.9 Å². The summed E-state index contributed by atoms with van der Waals surface area (Å²) in [5.74, 6) is 0. The Morgan fingerprint density at radius 1 is 1.30 bits per heavy atom. The molecule has 0 aliphatic rings. The lowest BCUT2D eigenvalue weighted by atomic mass is 10.1. The van der Waals surface area contributed by atoms with Crippen molar-refractivity contribution in [3.05, 3.63) is 41.5 Å². The maximum absolute atomic E-state index is 4.61. The Hall–Kier alpha value is -1.55. The Labute approximate surface area is 121 Å². The first-order valence-corrected chi connectivity index (χ1v) is 7.60. The van der Waals surface area contributed by atoms with Gasteiger partial charge in [-0.3, -0.25) is 4.68 Å². The monoisotopic (exact) mass is 274 g/mol. The number of hydrogen-bond acceptors (Lipinski definition) is 2. The van der Waals surface area contributed by atoms with Crippen LogP contribution in [0.1, 0.15) is 50.2 Å². The largest absolute Gasteiger partial charge is 0.348 e. The molecule has 2 heterocycles. The smallest absolute Gasteiger partial charge is 0.0639 e. The molecule has 0 amide bonds. The summed E-state index contributed by atoms with van der Waals surface area (Å²) < 4.78 is 4.35. The molecule has 0 bridgehead atoms. The van der Waals surface area contributed by atoms with Gasteiger partial charge in [-0.15, -0.1) is 0 Å². The number of rotatable bonds is 7. The molecule has 0 saturated heterocycles. The third kappa shape index (κ3) is 3.12. The highest BCUT2D eigenvalue weighted by atomic mass is 15.3. The SMILES string of the molecule is CCc1cc(Cn2ccc(C(CC)NC)c2)n(CC)n1. The first kappa shape index (κ1) is 14.9. The minimum Gasteiger partial charge on any atom is -0.348 e. The van der Waals surface area contributed by atoms with Crippen molar-refractivity contribution in [2.45, 2.75) is 52.7 Å². The maximum atomic E-state index is 4.61. The molecule has 1 N–H and O–H groups in total. The Kier molecular flexibility index (Phi) is 5.01. The minimum atomic E-state index is 0.443. The highest BCUT2D eigenvalue weighted by molar-refractivity contribution is 5.17. The number of aromatic nitrogens is 3. The van der Waals surface area contributed by atoms with Gasteiger partial charge >= 0.3 is 0 Å².